The Labute approximate surface area is 122 Å². The molecule has 0 spiro atoms. The van der Waals surface area contributed by atoms with E-state index in [9.17, 15) is 0 Å². The lowest BCUT2D eigenvalue weighted by Crippen LogP contribution is -2.21. The second-order valence-electron chi connectivity index (χ2n) is 4.96. The molecule has 0 fully saturated rings. The molecule has 1 unspecified atom stereocenters. The van der Waals surface area contributed by atoms with Gasteiger partial charge in [0.25, 0.3) is 0 Å². The van der Waals surface area contributed by atoms with Gasteiger partial charge in [0.15, 0.2) is 0 Å². The lowest BCUT2D eigenvalue weighted by atomic mass is 10.1. The van der Waals surface area contributed by atoms with Crippen LogP contribution in [0.5, 0.6) is 5.75 Å². The highest BCUT2D eigenvalue weighted by Gasteiger charge is 2.23. The number of aliphatic hydroxyl groups excluding tert-OH is 1. The molecule has 1 aromatic heterocycles. The molecule has 6 heteroatoms. The average Bonchev–Trinajstić information content (AvgIpc) is 3.02. The maximum atomic E-state index is 8.80. The Morgan fingerprint density at radius 3 is 3.20 bits per heavy atom. The van der Waals surface area contributed by atoms with Crippen LogP contribution < -0.4 is 4.74 Å². The Morgan fingerprint density at radius 1 is 1.45 bits per heavy atom. The van der Waals surface area contributed by atoms with Crippen LogP contribution in [-0.4, -0.2) is 32.8 Å². The number of aryl methyl sites for hydroxylation is 1. The molecule has 0 amide bonds. The summed E-state index contributed by atoms with van der Waals surface area (Å²) in [5, 5.41) is 17.7. The fourth-order valence-electron chi connectivity index (χ4n) is 2.40. The summed E-state index contributed by atoms with van der Waals surface area (Å²) in [5.74, 6) is 0.903. The highest BCUT2D eigenvalue weighted by Crippen LogP contribution is 2.31. The van der Waals surface area contributed by atoms with Gasteiger partial charge in [-0.1, -0.05) is 16.8 Å². The van der Waals surface area contributed by atoms with Crippen LogP contribution >= 0.6 is 11.6 Å². The maximum Gasteiger partial charge on any atom is 0.123 e. The summed E-state index contributed by atoms with van der Waals surface area (Å²) in [7, 11) is 0. The third kappa shape index (κ3) is 2.94. The summed E-state index contributed by atoms with van der Waals surface area (Å²) in [5.41, 5.74) is 2.04. The van der Waals surface area contributed by atoms with E-state index < -0.39 is 0 Å². The first kappa shape index (κ1) is 13.4. The van der Waals surface area contributed by atoms with Crippen LogP contribution in [0.2, 0.25) is 5.02 Å². The highest BCUT2D eigenvalue weighted by atomic mass is 35.5. The normalized spacial score (nSPS) is 17.0. The van der Waals surface area contributed by atoms with Gasteiger partial charge in [0.1, 0.15) is 11.9 Å². The SMILES string of the molecule is OCCCc1cn(CC2Cc3cc(Cl)ccc3O2)nn1. The van der Waals surface area contributed by atoms with Gasteiger partial charge < -0.3 is 9.84 Å². The van der Waals surface area contributed by atoms with Crippen molar-refractivity contribution in [2.75, 3.05) is 6.61 Å². The van der Waals surface area contributed by atoms with E-state index in [1.165, 1.54) is 0 Å². The standard InChI is InChI=1S/C14H16ClN3O2/c15-11-3-4-14-10(6-11)7-13(20-14)9-18-8-12(16-17-18)2-1-5-19/h3-4,6,8,13,19H,1-2,5,7,9H2. The molecule has 0 saturated heterocycles. The molecule has 0 saturated carbocycles. The summed E-state index contributed by atoms with van der Waals surface area (Å²) in [6, 6.07) is 5.70. The zero-order chi connectivity index (χ0) is 13.9. The Hall–Kier alpha value is -1.59. The van der Waals surface area contributed by atoms with Gasteiger partial charge in [-0.05, 0) is 36.6 Å². The largest absolute Gasteiger partial charge is 0.488 e. The van der Waals surface area contributed by atoms with Crippen molar-refractivity contribution in [3.63, 3.8) is 0 Å². The number of halogens is 1. The third-order valence-electron chi connectivity index (χ3n) is 3.33. The van der Waals surface area contributed by atoms with Crippen molar-refractivity contribution in [2.45, 2.75) is 31.9 Å². The topological polar surface area (TPSA) is 60.2 Å². The molecular weight excluding hydrogens is 278 g/mol. The minimum atomic E-state index is 0.0656. The zero-order valence-corrected chi connectivity index (χ0v) is 11.8. The fourth-order valence-corrected chi connectivity index (χ4v) is 2.60. The van der Waals surface area contributed by atoms with E-state index in [0.29, 0.717) is 13.0 Å². The van der Waals surface area contributed by atoms with Gasteiger partial charge in [0, 0.05) is 24.2 Å². The maximum absolute atomic E-state index is 8.80. The van der Waals surface area contributed by atoms with E-state index in [4.69, 9.17) is 21.4 Å². The van der Waals surface area contributed by atoms with Crippen LogP contribution in [0.3, 0.4) is 0 Å². The minimum Gasteiger partial charge on any atom is -0.488 e. The lowest BCUT2D eigenvalue weighted by molar-refractivity contribution is 0.202. The van der Waals surface area contributed by atoms with E-state index in [-0.39, 0.29) is 12.7 Å². The van der Waals surface area contributed by atoms with Crippen LogP contribution in [0, 0.1) is 0 Å². The Morgan fingerprint density at radius 2 is 2.35 bits per heavy atom. The number of fused-ring (bicyclic) bond motifs is 1. The molecule has 20 heavy (non-hydrogen) atoms. The van der Waals surface area contributed by atoms with Crippen molar-refractivity contribution in [1.29, 1.82) is 0 Å². The fraction of sp³-hybridized carbons (Fsp3) is 0.429. The molecule has 1 N–H and O–H groups in total. The van der Waals surface area contributed by atoms with Crippen LogP contribution in [0.1, 0.15) is 17.7 Å². The van der Waals surface area contributed by atoms with Crippen molar-refractivity contribution >= 4 is 11.6 Å². The van der Waals surface area contributed by atoms with Crippen LogP contribution in [0.15, 0.2) is 24.4 Å². The summed E-state index contributed by atoms with van der Waals surface area (Å²) in [6.07, 6.45) is 4.27. The molecule has 1 aliphatic rings. The lowest BCUT2D eigenvalue weighted by Gasteiger charge is -2.09. The predicted molar refractivity (Wildman–Crippen MR) is 75.0 cm³/mol. The van der Waals surface area contributed by atoms with E-state index in [0.717, 1.165) is 34.9 Å². The molecule has 0 bridgehead atoms. The number of ether oxygens (including phenoxy) is 1. The van der Waals surface area contributed by atoms with Crippen molar-refractivity contribution in [3.8, 4) is 5.75 Å². The van der Waals surface area contributed by atoms with Crippen molar-refractivity contribution in [2.24, 2.45) is 0 Å². The van der Waals surface area contributed by atoms with Gasteiger partial charge in [-0.15, -0.1) is 5.10 Å². The number of rotatable bonds is 5. The summed E-state index contributed by atoms with van der Waals surface area (Å²) < 4.78 is 7.67. The number of benzene rings is 1. The average molecular weight is 294 g/mol. The first-order valence-electron chi connectivity index (χ1n) is 6.69. The van der Waals surface area contributed by atoms with E-state index in [2.05, 4.69) is 10.3 Å². The summed E-state index contributed by atoms with van der Waals surface area (Å²) in [6.45, 7) is 0.840. The molecule has 106 valence electrons. The van der Waals surface area contributed by atoms with Gasteiger partial charge in [0.2, 0.25) is 0 Å². The number of hydrogen-bond acceptors (Lipinski definition) is 4. The van der Waals surface area contributed by atoms with Crippen LogP contribution in [0.25, 0.3) is 0 Å². The van der Waals surface area contributed by atoms with Crippen molar-refractivity contribution in [1.82, 2.24) is 15.0 Å². The number of aliphatic hydroxyl groups is 1. The second-order valence-corrected chi connectivity index (χ2v) is 5.39. The summed E-state index contributed by atoms with van der Waals surface area (Å²) >= 11 is 5.98. The Balaban J connectivity index is 1.61. The van der Waals surface area contributed by atoms with Crippen molar-refractivity contribution in [3.05, 3.63) is 40.7 Å². The van der Waals surface area contributed by atoms with Gasteiger partial charge in [-0.3, -0.25) is 0 Å². The zero-order valence-electron chi connectivity index (χ0n) is 11.0. The molecule has 0 radical (unpaired) electrons. The predicted octanol–water partition coefficient (Wildman–Crippen LogP) is 1.86. The van der Waals surface area contributed by atoms with Gasteiger partial charge in [-0.2, -0.15) is 0 Å². The number of nitrogens with zero attached hydrogens (tertiary/aromatic N) is 3. The van der Waals surface area contributed by atoms with Crippen molar-refractivity contribution < 1.29 is 9.84 Å². The molecule has 1 aromatic carbocycles. The smallest absolute Gasteiger partial charge is 0.123 e. The van der Waals surface area contributed by atoms with Crippen LogP contribution in [0.4, 0.5) is 0 Å². The first-order chi connectivity index (χ1) is 9.74. The second kappa shape index (κ2) is 5.81. The Kier molecular flexibility index (Phi) is 3.89. The Bertz CT molecular complexity index is 600. The van der Waals surface area contributed by atoms with Gasteiger partial charge in [-0.25, -0.2) is 4.68 Å². The molecular formula is C14H16ClN3O2. The molecule has 2 aromatic rings. The quantitative estimate of drug-likeness (QED) is 0.914. The highest BCUT2D eigenvalue weighted by molar-refractivity contribution is 6.30. The monoisotopic (exact) mass is 293 g/mol. The first-order valence-corrected chi connectivity index (χ1v) is 7.07. The number of aromatic nitrogens is 3. The molecule has 3 rings (SSSR count). The molecule has 1 aliphatic heterocycles. The van der Waals surface area contributed by atoms with Crippen LogP contribution in [-0.2, 0) is 19.4 Å². The van der Waals surface area contributed by atoms with E-state index >= 15 is 0 Å². The summed E-state index contributed by atoms with van der Waals surface area (Å²) in [4.78, 5) is 0. The number of hydrogen-bond donors (Lipinski definition) is 1. The van der Waals surface area contributed by atoms with E-state index in [1.807, 2.05) is 24.4 Å². The van der Waals surface area contributed by atoms with E-state index in [1.54, 1.807) is 4.68 Å². The molecule has 5 nitrogen and oxygen atoms in total. The van der Waals surface area contributed by atoms with Gasteiger partial charge in [0.05, 0.1) is 12.2 Å². The molecule has 1 atom stereocenters. The van der Waals surface area contributed by atoms with Gasteiger partial charge >= 0.3 is 0 Å². The molecule has 2 heterocycles. The minimum absolute atomic E-state index is 0.0656. The molecule has 0 aliphatic carbocycles. The third-order valence-corrected chi connectivity index (χ3v) is 3.57.